The second kappa shape index (κ2) is 7.13. The summed E-state index contributed by atoms with van der Waals surface area (Å²) < 4.78 is 13.1. The van der Waals surface area contributed by atoms with Crippen molar-refractivity contribution in [3.05, 3.63) is 59.4 Å². The summed E-state index contributed by atoms with van der Waals surface area (Å²) in [5, 5.41) is 12.0. The fourth-order valence-electron chi connectivity index (χ4n) is 1.76. The van der Waals surface area contributed by atoms with Crippen LogP contribution in [0.1, 0.15) is 11.1 Å². The number of nitrogens with one attached hydrogen (secondary N) is 1. The number of amides is 1. The number of rotatable bonds is 5. The van der Waals surface area contributed by atoms with Crippen molar-refractivity contribution in [3.63, 3.8) is 0 Å². The van der Waals surface area contributed by atoms with Gasteiger partial charge in [-0.3, -0.25) is 4.79 Å². The van der Waals surface area contributed by atoms with Crippen molar-refractivity contribution in [3.8, 4) is 5.75 Å². The van der Waals surface area contributed by atoms with Gasteiger partial charge in [-0.15, -0.1) is 11.8 Å². The molecule has 0 aliphatic heterocycles. The lowest BCUT2D eigenvalue weighted by molar-refractivity contribution is -0.118. The minimum Gasteiger partial charge on any atom is -0.508 e. The number of hydrogen-bond acceptors (Lipinski definition) is 3. The van der Waals surface area contributed by atoms with Gasteiger partial charge in [0.15, 0.2) is 0 Å². The minimum atomic E-state index is -0.243. The molecule has 2 rings (SSSR count). The fraction of sp³-hybridized carbons (Fsp3) is 0.188. The standard InChI is InChI=1S/C16H16FNO2S/c1-11-8-12(2-7-15(11)17)9-18-16(20)10-21-14-5-3-13(19)4-6-14/h2-8,19H,9-10H2,1H3,(H,18,20). The Kier molecular flexibility index (Phi) is 5.22. The fourth-order valence-corrected chi connectivity index (χ4v) is 2.49. The summed E-state index contributed by atoms with van der Waals surface area (Å²) in [4.78, 5) is 12.7. The van der Waals surface area contributed by atoms with Crippen molar-refractivity contribution in [2.45, 2.75) is 18.4 Å². The average molecular weight is 305 g/mol. The first-order valence-corrected chi connectivity index (χ1v) is 7.47. The first kappa shape index (κ1) is 15.4. The quantitative estimate of drug-likeness (QED) is 0.834. The lowest BCUT2D eigenvalue weighted by atomic mass is 10.1. The molecule has 2 aromatic carbocycles. The van der Waals surface area contributed by atoms with Gasteiger partial charge < -0.3 is 10.4 Å². The van der Waals surface area contributed by atoms with Crippen molar-refractivity contribution >= 4 is 17.7 Å². The summed E-state index contributed by atoms with van der Waals surface area (Å²) in [6, 6.07) is 11.5. The Morgan fingerprint density at radius 1 is 1.24 bits per heavy atom. The van der Waals surface area contributed by atoms with Gasteiger partial charge in [-0.1, -0.05) is 12.1 Å². The van der Waals surface area contributed by atoms with Crippen LogP contribution in [0.4, 0.5) is 4.39 Å². The Bertz CT molecular complexity index is 629. The molecule has 21 heavy (non-hydrogen) atoms. The Morgan fingerprint density at radius 2 is 1.95 bits per heavy atom. The molecule has 0 bridgehead atoms. The van der Waals surface area contributed by atoms with E-state index in [0.717, 1.165) is 10.5 Å². The zero-order valence-electron chi connectivity index (χ0n) is 11.6. The van der Waals surface area contributed by atoms with Crippen LogP contribution < -0.4 is 5.32 Å². The Labute approximate surface area is 127 Å². The first-order valence-electron chi connectivity index (χ1n) is 6.48. The highest BCUT2D eigenvalue weighted by Crippen LogP contribution is 2.20. The molecule has 0 spiro atoms. The van der Waals surface area contributed by atoms with E-state index in [4.69, 9.17) is 0 Å². The van der Waals surface area contributed by atoms with E-state index in [-0.39, 0.29) is 17.5 Å². The zero-order valence-corrected chi connectivity index (χ0v) is 12.4. The highest BCUT2D eigenvalue weighted by molar-refractivity contribution is 8.00. The molecule has 0 aromatic heterocycles. The van der Waals surface area contributed by atoms with Crippen molar-refractivity contribution < 1.29 is 14.3 Å². The monoisotopic (exact) mass is 305 g/mol. The van der Waals surface area contributed by atoms with Crippen LogP contribution in [0.5, 0.6) is 5.75 Å². The maximum Gasteiger partial charge on any atom is 0.230 e. The number of aromatic hydroxyl groups is 1. The van der Waals surface area contributed by atoms with E-state index in [2.05, 4.69) is 5.32 Å². The summed E-state index contributed by atoms with van der Waals surface area (Å²) in [6.07, 6.45) is 0. The predicted molar refractivity (Wildman–Crippen MR) is 81.8 cm³/mol. The number of benzene rings is 2. The molecule has 0 radical (unpaired) electrons. The van der Waals surface area contributed by atoms with Gasteiger partial charge >= 0.3 is 0 Å². The molecule has 0 heterocycles. The summed E-state index contributed by atoms with van der Waals surface area (Å²) in [6.45, 7) is 2.08. The second-order valence-electron chi connectivity index (χ2n) is 4.64. The number of carbonyl (C=O) groups is 1. The third-order valence-electron chi connectivity index (χ3n) is 2.92. The first-order chi connectivity index (χ1) is 10.0. The van der Waals surface area contributed by atoms with E-state index in [1.54, 1.807) is 43.3 Å². The largest absolute Gasteiger partial charge is 0.508 e. The maximum atomic E-state index is 13.1. The van der Waals surface area contributed by atoms with E-state index in [0.29, 0.717) is 17.9 Å². The van der Waals surface area contributed by atoms with Crippen LogP contribution in [-0.4, -0.2) is 16.8 Å². The van der Waals surface area contributed by atoms with Crippen LogP contribution in [0.2, 0.25) is 0 Å². The molecule has 5 heteroatoms. The van der Waals surface area contributed by atoms with Crippen molar-refractivity contribution in [1.29, 1.82) is 0 Å². The van der Waals surface area contributed by atoms with Crippen LogP contribution in [0.25, 0.3) is 0 Å². The minimum absolute atomic E-state index is 0.0879. The zero-order chi connectivity index (χ0) is 15.2. The summed E-state index contributed by atoms with van der Waals surface area (Å²) in [7, 11) is 0. The van der Waals surface area contributed by atoms with Crippen LogP contribution in [0, 0.1) is 12.7 Å². The van der Waals surface area contributed by atoms with Crippen LogP contribution >= 0.6 is 11.8 Å². The molecule has 3 nitrogen and oxygen atoms in total. The Hall–Kier alpha value is -2.01. The number of aryl methyl sites for hydroxylation is 1. The lowest BCUT2D eigenvalue weighted by Crippen LogP contribution is -2.24. The number of thioether (sulfide) groups is 1. The number of carbonyl (C=O) groups excluding carboxylic acids is 1. The molecule has 110 valence electrons. The van der Waals surface area contributed by atoms with Crippen molar-refractivity contribution in [1.82, 2.24) is 5.32 Å². The lowest BCUT2D eigenvalue weighted by Gasteiger charge is -2.07. The van der Waals surface area contributed by atoms with E-state index in [1.165, 1.54) is 17.8 Å². The van der Waals surface area contributed by atoms with Gasteiger partial charge in [0.1, 0.15) is 11.6 Å². The Balaban J connectivity index is 1.79. The highest BCUT2D eigenvalue weighted by Gasteiger charge is 2.04. The molecular weight excluding hydrogens is 289 g/mol. The maximum absolute atomic E-state index is 13.1. The molecule has 2 aromatic rings. The van der Waals surface area contributed by atoms with Gasteiger partial charge in [-0.25, -0.2) is 4.39 Å². The molecule has 0 atom stereocenters. The van der Waals surface area contributed by atoms with Crippen molar-refractivity contribution in [2.75, 3.05) is 5.75 Å². The van der Waals surface area contributed by atoms with Crippen molar-refractivity contribution in [2.24, 2.45) is 0 Å². The van der Waals surface area contributed by atoms with Gasteiger partial charge in [0, 0.05) is 11.4 Å². The number of hydrogen-bond donors (Lipinski definition) is 2. The molecule has 2 N–H and O–H groups in total. The van der Waals surface area contributed by atoms with Gasteiger partial charge in [-0.05, 0) is 48.4 Å². The summed E-state index contributed by atoms with van der Waals surface area (Å²) in [5.74, 6) is 0.170. The molecule has 1 amide bonds. The third kappa shape index (κ3) is 4.79. The SMILES string of the molecule is Cc1cc(CNC(=O)CSc2ccc(O)cc2)ccc1F. The number of halogens is 1. The molecule has 0 saturated heterocycles. The van der Waals surface area contributed by atoms with E-state index in [9.17, 15) is 14.3 Å². The average Bonchev–Trinajstić information content (AvgIpc) is 2.48. The number of phenolic OH excluding ortho intramolecular Hbond substituents is 1. The topological polar surface area (TPSA) is 49.3 Å². The van der Waals surface area contributed by atoms with Gasteiger partial charge in [0.05, 0.1) is 5.75 Å². The molecule has 0 saturated carbocycles. The predicted octanol–water partition coefficient (Wildman–Crippen LogP) is 3.25. The normalized spacial score (nSPS) is 10.4. The highest BCUT2D eigenvalue weighted by atomic mass is 32.2. The summed E-state index contributed by atoms with van der Waals surface area (Å²) in [5.41, 5.74) is 1.44. The van der Waals surface area contributed by atoms with E-state index in [1.807, 2.05) is 0 Å². The van der Waals surface area contributed by atoms with Gasteiger partial charge in [0.2, 0.25) is 5.91 Å². The second-order valence-corrected chi connectivity index (χ2v) is 5.69. The van der Waals surface area contributed by atoms with Crippen LogP contribution in [0.3, 0.4) is 0 Å². The molecule has 0 aliphatic carbocycles. The van der Waals surface area contributed by atoms with E-state index >= 15 is 0 Å². The van der Waals surface area contributed by atoms with Gasteiger partial charge in [-0.2, -0.15) is 0 Å². The molecule has 0 unspecified atom stereocenters. The molecule has 0 fully saturated rings. The third-order valence-corrected chi connectivity index (χ3v) is 3.93. The van der Waals surface area contributed by atoms with Crippen LogP contribution in [0.15, 0.2) is 47.4 Å². The van der Waals surface area contributed by atoms with Crippen LogP contribution in [-0.2, 0) is 11.3 Å². The number of phenols is 1. The van der Waals surface area contributed by atoms with E-state index < -0.39 is 0 Å². The molecular formula is C16H16FNO2S. The summed E-state index contributed by atoms with van der Waals surface area (Å²) >= 11 is 1.39. The molecule has 0 aliphatic rings. The Morgan fingerprint density at radius 3 is 2.62 bits per heavy atom. The van der Waals surface area contributed by atoms with Gasteiger partial charge in [0.25, 0.3) is 0 Å². The smallest absolute Gasteiger partial charge is 0.230 e.